The molecular weight excluding hydrogens is 442 g/mol. The maximum Gasteiger partial charge on any atom is 0.510 e. The van der Waals surface area contributed by atoms with E-state index in [9.17, 15) is 24.3 Å². The summed E-state index contributed by atoms with van der Waals surface area (Å²) in [6, 6.07) is 11.9. The Morgan fingerprint density at radius 2 is 1.66 bits per heavy atom. The lowest BCUT2D eigenvalue weighted by atomic mass is 9.97. The number of hydrogen-bond acceptors (Lipinski definition) is 9. The number of carbonyl (C=O) groups is 2. The van der Waals surface area contributed by atoms with Crippen LogP contribution in [0.15, 0.2) is 36.4 Å². The van der Waals surface area contributed by atoms with Gasteiger partial charge in [0.2, 0.25) is 6.29 Å². The molecule has 0 radical (unpaired) electrons. The van der Waals surface area contributed by atoms with Gasteiger partial charge in [-0.25, -0.2) is 4.79 Å². The van der Waals surface area contributed by atoms with E-state index in [0.717, 1.165) is 28.8 Å². The van der Waals surface area contributed by atoms with Crippen LogP contribution in [0.1, 0.15) is 30.9 Å². The Labute approximate surface area is 188 Å². The molecule has 0 saturated carbocycles. The maximum atomic E-state index is 12.3. The van der Waals surface area contributed by atoms with Crippen molar-refractivity contribution in [3.05, 3.63) is 57.6 Å². The predicted molar refractivity (Wildman–Crippen MR) is 116 cm³/mol. The second kappa shape index (κ2) is 12.1. The standard InChI is InChI=1S/C21H25NO9S/c1-14-4-5-19-13-17(6-7-18(19)12-14)15(2)20(23)28-8-10-32(27)11-9-29-21(24)30-16(3)31-22(25)26/h4-7,12-13,15-16H,8-11H2,1-3H3/t15-,16?,32?/m0/s1. The summed E-state index contributed by atoms with van der Waals surface area (Å²) in [6.07, 6.45) is -2.60. The van der Waals surface area contributed by atoms with Crippen LogP contribution in [0.3, 0.4) is 0 Å². The van der Waals surface area contributed by atoms with Crippen molar-refractivity contribution < 1.29 is 38.3 Å². The number of aryl methyl sites for hydroxylation is 1. The predicted octanol–water partition coefficient (Wildman–Crippen LogP) is 3.25. The number of hydrogen-bond donors (Lipinski definition) is 0. The van der Waals surface area contributed by atoms with Gasteiger partial charge in [0.1, 0.15) is 24.7 Å². The lowest BCUT2D eigenvalue weighted by Crippen LogP contribution is -2.25. The Kier molecular flexibility index (Phi) is 9.54. The Morgan fingerprint density at radius 1 is 1.03 bits per heavy atom. The fourth-order valence-electron chi connectivity index (χ4n) is 2.78. The number of carbonyl (C=O) groups excluding carboxylic acids is 2. The van der Waals surface area contributed by atoms with Crippen LogP contribution in [0.2, 0.25) is 0 Å². The molecule has 2 aromatic carbocycles. The highest BCUT2D eigenvalue weighted by Crippen LogP contribution is 2.23. The minimum absolute atomic E-state index is 0.00320. The van der Waals surface area contributed by atoms with E-state index < -0.39 is 40.6 Å². The first-order valence-corrected chi connectivity index (χ1v) is 11.3. The quantitative estimate of drug-likeness (QED) is 0.160. The van der Waals surface area contributed by atoms with Gasteiger partial charge in [0.15, 0.2) is 0 Å². The van der Waals surface area contributed by atoms with Crippen LogP contribution in [-0.2, 0) is 35.0 Å². The number of rotatable bonds is 11. The molecule has 0 aliphatic rings. The summed E-state index contributed by atoms with van der Waals surface area (Å²) in [4.78, 5) is 37.7. The second-order valence-corrected chi connectivity index (χ2v) is 8.66. The smallest absolute Gasteiger partial charge is 0.510 e. The van der Waals surface area contributed by atoms with Gasteiger partial charge in [0.05, 0.1) is 5.92 Å². The molecule has 10 nitrogen and oxygen atoms in total. The lowest BCUT2D eigenvalue weighted by molar-refractivity contribution is -0.777. The summed E-state index contributed by atoms with van der Waals surface area (Å²) in [5, 5.41) is 11.1. The van der Waals surface area contributed by atoms with E-state index in [1.165, 1.54) is 0 Å². The van der Waals surface area contributed by atoms with Gasteiger partial charge in [-0.3, -0.25) is 9.63 Å². The second-order valence-electron chi connectivity index (χ2n) is 6.96. The maximum absolute atomic E-state index is 12.3. The summed E-state index contributed by atoms with van der Waals surface area (Å²) < 4.78 is 26.3. The summed E-state index contributed by atoms with van der Waals surface area (Å²) in [5.74, 6) is -0.824. The van der Waals surface area contributed by atoms with E-state index in [0.29, 0.717) is 0 Å². The highest BCUT2D eigenvalue weighted by atomic mass is 32.2. The number of benzene rings is 2. The van der Waals surface area contributed by atoms with E-state index in [4.69, 9.17) is 4.74 Å². The average molecular weight is 467 g/mol. The van der Waals surface area contributed by atoms with Crippen molar-refractivity contribution in [2.75, 3.05) is 24.7 Å². The molecule has 0 aliphatic heterocycles. The first kappa shape index (κ1) is 25.2. The first-order chi connectivity index (χ1) is 15.2. The summed E-state index contributed by atoms with van der Waals surface area (Å²) >= 11 is -1.40. The molecule has 174 valence electrons. The Morgan fingerprint density at radius 3 is 2.34 bits per heavy atom. The molecule has 32 heavy (non-hydrogen) atoms. The molecule has 0 N–H and O–H groups in total. The van der Waals surface area contributed by atoms with Crippen LogP contribution >= 0.6 is 0 Å². The molecule has 0 heterocycles. The van der Waals surface area contributed by atoms with E-state index >= 15 is 0 Å². The van der Waals surface area contributed by atoms with Gasteiger partial charge in [-0.15, -0.1) is 10.1 Å². The number of fused-ring (bicyclic) bond motifs is 1. The van der Waals surface area contributed by atoms with Crippen molar-refractivity contribution in [2.45, 2.75) is 33.0 Å². The summed E-state index contributed by atoms with van der Waals surface area (Å²) in [5.41, 5.74) is 1.99. The molecule has 3 atom stereocenters. The average Bonchev–Trinajstić information content (AvgIpc) is 2.72. The van der Waals surface area contributed by atoms with Crippen LogP contribution < -0.4 is 0 Å². The van der Waals surface area contributed by atoms with E-state index in [2.05, 4.69) is 20.4 Å². The number of ether oxygens (including phenoxy) is 3. The Bertz CT molecular complexity index is 952. The molecule has 0 spiro atoms. The molecule has 11 heteroatoms. The molecule has 2 unspecified atom stereocenters. The van der Waals surface area contributed by atoms with Crippen molar-refractivity contribution in [1.82, 2.24) is 0 Å². The van der Waals surface area contributed by atoms with Gasteiger partial charge < -0.3 is 18.8 Å². The number of nitrogens with zero attached hydrogens (tertiary/aromatic N) is 1. The van der Waals surface area contributed by atoms with E-state index in [1.807, 2.05) is 37.3 Å². The van der Waals surface area contributed by atoms with Gasteiger partial charge in [-0.2, -0.15) is 0 Å². The highest BCUT2D eigenvalue weighted by molar-refractivity contribution is 7.91. The Balaban J connectivity index is 1.69. The highest BCUT2D eigenvalue weighted by Gasteiger charge is 2.19. The van der Waals surface area contributed by atoms with E-state index in [-0.39, 0.29) is 24.7 Å². The van der Waals surface area contributed by atoms with Crippen molar-refractivity contribution in [2.24, 2.45) is 0 Å². The third-order valence-corrected chi connectivity index (χ3v) is 5.70. The summed E-state index contributed by atoms with van der Waals surface area (Å²) in [7, 11) is 0. The third kappa shape index (κ3) is 8.23. The minimum atomic E-state index is -1.42. The molecule has 0 aromatic heterocycles. The zero-order chi connectivity index (χ0) is 23.7. The molecule has 0 saturated heterocycles. The molecule has 0 aliphatic carbocycles. The monoisotopic (exact) mass is 467 g/mol. The largest absolute Gasteiger partial charge is 0.616 e. The topological polar surface area (TPSA) is 137 Å². The van der Waals surface area contributed by atoms with Crippen LogP contribution in [0.25, 0.3) is 10.8 Å². The molecule has 2 aromatic rings. The van der Waals surface area contributed by atoms with Crippen molar-refractivity contribution in [3.8, 4) is 0 Å². The zero-order valence-electron chi connectivity index (χ0n) is 18.0. The van der Waals surface area contributed by atoms with Gasteiger partial charge in [-0.05, 0) is 48.3 Å². The summed E-state index contributed by atoms with van der Waals surface area (Å²) in [6.45, 7) is 4.65. The third-order valence-electron chi connectivity index (χ3n) is 4.46. The normalized spacial score (nSPS) is 13.6. The molecule has 0 bridgehead atoms. The van der Waals surface area contributed by atoms with Crippen LogP contribution in [0.4, 0.5) is 4.79 Å². The van der Waals surface area contributed by atoms with Gasteiger partial charge in [-0.1, -0.05) is 42.0 Å². The molecular formula is C21H25NO9S. The minimum Gasteiger partial charge on any atom is -0.616 e. The fourth-order valence-corrected chi connectivity index (χ4v) is 3.52. The lowest BCUT2D eigenvalue weighted by Gasteiger charge is -2.15. The van der Waals surface area contributed by atoms with Crippen LogP contribution in [0.5, 0.6) is 0 Å². The fraction of sp³-hybridized carbons (Fsp3) is 0.429. The Hall–Kier alpha value is -3.05. The van der Waals surface area contributed by atoms with Gasteiger partial charge in [0, 0.05) is 0 Å². The van der Waals surface area contributed by atoms with E-state index in [1.54, 1.807) is 6.92 Å². The first-order valence-electron chi connectivity index (χ1n) is 9.82. The van der Waals surface area contributed by atoms with Crippen molar-refractivity contribution in [1.29, 1.82) is 0 Å². The van der Waals surface area contributed by atoms with Crippen LogP contribution in [-0.4, -0.2) is 52.8 Å². The molecule has 2 rings (SSSR count). The van der Waals surface area contributed by atoms with Gasteiger partial charge in [0.25, 0.3) is 5.09 Å². The zero-order valence-corrected chi connectivity index (χ0v) is 18.8. The van der Waals surface area contributed by atoms with Crippen molar-refractivity contribution in [3.63, 3.8) is 0 Å². The van der Waals surface area contributed by atoms with Crippen molar-refractivity contribution >= 4 is 34.1 Å². The van der Waals surface area contributed by atoms with Gasteiger partial charge >= 0.3 is 12.1 Å². The van der Waals surface area contributed by atoms with Crippen LogP contribution in [0, 0.1) is 17.0 Å². The number of esters is 1. The molecule has 0 fully saturated rings. The molecule has 0 amide bonds. The SMILES string of the molecule is Cc1ccc2cc([C@H](C)C(=O)OCC[S+]([O-])CCOC(=O)OC(C)O[N+](=O)[O-])ccc2c1.